The van der Waals surface area contributed by atoms with Crippen LogP contribution in [-0.2, 0) is 4.79 Å². The average molecular weight is 227 g/mol. The zero-order chi connectivity index (χ0) is 12.3. The molecule has 0 aromatic heterocycles. The molecule has 1 rings (SSSR count). The molecule has 1 aliphatic rings. The Hall–Kier alpha value is -1.26. The fraction of sp³-hybridized carbons (Fsp3) is 0.818. The van der Waals surface area contributed by atoms with Gasteiger partial charge in [-0.15, -0.1) is 0 Å². The van der Waals surface area contributed by atoms with Crippen molar-refractivity contribution in [1.29, 1.82) is 0 Å². The average Bonchev–Trinajstić information content (AvgIpc) is 2.84. The van der Waals surface area contributed by atoms with Gasteiger partial charge in [-0.25, -0.2) is 0 Å². The third-order valence-corrected chi connectivity index (χ3v) is 3.44. The minimum atomic E-state index is -0.521. The maximum Gasteiger partial charge on any atom is 0.230 e. The van der Waals surface area contributed by atoms with Crippen molar-refractivity contribution in [3.63, 3.8) is 0 Å². The fourth-order valence-corrected chi connectivity index (χ4v) is 1.87. The molecule has 0 aliphatic heterocycles. The number of hydrogen-bond acceptors (Lipinski definition) is 3. The number of nitrogens with two attached hydrogens (primary N) is 1. The van der Waals surface area contributed by atoms with E-state index in [9.17, 15) is 4.79 Å². The van der Waals surface area contributed by atoms with Crippen LogP contribution >= 0.6 is 0 Å². The topological polar surface area (TPSA) is 87.7 Å². The van der Waals surface area contributed by atoms with Crippen LogP contribution in [0.2, 0.25) is 0 Å². The summed E-state index contributed by atoms with van der Waals surface area (Å²) in [6.45, 7) is 6.89. The molecule has 5 heteroatoms. The molecule has 4 N–H and O–H groups in total. The number of amidine groups is 1. The Morgan fingerprint density at radius 1 is 1.69 bits per heavy atom. The number of amides is 1. The highest BCUT2D eigenvalue weighted by Crippen LogP contribution is 2.50. The smallest absolute Gasteiger partial charge is 0.230 e. The normalized spacial score (nSPS) is 24.9. The van der Waals surface area contributed by atoms with Crippen LogP contribution < -0.4 is 11.1 Å². The molecule has 0 saturated heterocycles. The molecule has 1 saturated carbocycles. The summed E-state index contributed by atoms with van der Waals surface area (Å²) in [5.74, 6) is -0.135. The van der Waals surface area contributed by atoms with Crippen LogP contribution in [0.25, 0.3) is 0 Å². The second-order valence-corrected chi connectivity index (χ2v) is 5.12. The van der Waals surface area contributed by atoms with Gasteiger partial charge in [0, 0.05) is 6.54 Å². The number of nitrogens with one attached hydrogen (secondary N) is 1. The van der Waals surface area contributed by atoms with E-state index in [0.717, 1.165) is 6.42 Å². The highest BCUT2D eigenvalue weighted by molar-refractivity contribution is 6.01. The monoisotopic (exact) mass is 227 g/mol. The predicted octanol–water partition coefficient (Wildman–Crippen LogP) is 0.921. The summed E-state index contributed by atoms with van der Waals surface area (Å²) in [7, 11) is 0. The minimum Gasteiger partial charge on any atom is -0.409 e. The zero-order valence-corrected chi connectivity index (χ0v) is 10.2. The molecule has 1 fully saturated rings. The number of rotatable bonds is 5. The van der Waals surface area contributed by atoms with Crippen LogP contribution in [0, 0.1) is 17.3 Å². The molecular weight excluding hydrogens is 206 g/mol. The highest BCUT2D eigenvalue weighted by Gasteiger charge is 2.45. The second-order valence-electron chi connectivity index (χ2n) is 5.12. The van der Waals surface area contributed by atoms with Gasteiger partial charge in [0.2, 0.25) is 5.91 Å². The van der Waals surface area contributed by atoms with Crippen LogP contribution in [0.3, 0.4) is 0 Å². The molecule has 0 heterocycles. The lowest BCUT2D eigenvalue weighted by molar-refractivity contribution is -0.123. The summed E-state index contributed by atoms with van der Waals surface area (Å²) in [4.78, 5) is 11.7. The van der Waals surface area contributed by atoms with Gasteiger partial charge in [-0.05, 0) is 24.2 Å². The predicted molar refractivity (Wildman–Crippen MR) is 62.1 cm³/mol. The molecule has 0 radical (unpaired) electrons. The van der Waals surface area contributed by atoms with E-state index in [1.807, 2.05) is 6.92 Å². The van der Waals surface area contributed by atoms with Crippen LogP contribution in [-0.4, -0.2) is 23.5 Å². The molecule has 92 valence electrons. The van der Waals surface area contributed by atoms with Crippen LogP contribution in [0.1, 0.15) is 33.6 Å². The molecular formula is C11H21N3O2. The standard InChI is InChI=1S/C11H21N3O2/c1-4-8(9(12)14-16)10(15)13-6-7-5-11(7,2)3/h7-8,16H,4-6H2,1-3H3,(H2,12,14)(H,13,15). The lowest BCUT2D eigenvalue weighted by Crippen LogP contribution is -2.39. The Kier molecular flexibility index (Phi) is 3.78. The molecule has 5 nitrogen and oxygen atoms in total. The number of carbonyl (C=O) groups excluding carboxylic acids is 1. The molecule has 0 aromatic rings. The Bertz CT molecular complexity index is 300. The van der Waals surface area contributed by atoms with Crippen molar-refractivity contribution in [2.45, 2.75) is 33.6 Å². The van der Waals surface area contributed by atoms with Crippen molar-refractivity contribution in [2.75, 3.05) is 6.54 Å². The van der Waals surface area contributed by atoms with Crippen molar-refractivity contribution < 1.29 is 10.0 Å². The third-order valence-electron chi connectivity index (χ3n) is 3.44. The Labute approximate surface area is 96.1 Å². The van der Waals surface area contributed by atoms with Gasteiger partial charge >= 0.3 is 0 Å². The van der Waals surface area contributed by atoms with E-state index in [0.29, 0.717) is 24.3 Å². The van der Waals surface area contributed by atoms with Crippen molar-refractivity contribution in [1.82, 2.24) is 5.32 Å². The number of oxime groups is 1. The summed E-state index contributed by atoms with van der Waals surface area (Å²) >= 11 is 0. The SMILES string of the molecule is CCC(C(=O)NCC1CC1(C)C)C(N)=NO. The molecule has 0 aromatic carbocycles. The molecule has 2 atom stereocenters. The zero-order valence-electron chi connectivity index (χ0n) is 10.2. The van der Waals surface area contributed by atoms with Crippen molar-refractivity contribution in [3.8, 4) is 0 Å². The summed E-state index contributed by atoms with van der Waals surface area (Å²) in [6.07, 6.45) is 1.68. The van der Waals surface area contributed by atoms with Crippen LogP contribution in [0.15, 0.2) is 5.16 Å². The van der Waals surface area contributed by atoms with E-state index in [1.54, 1.807) is 0 Å². The third kappa shape index (κ3) is 2.87. The van der Waals surface area contributed by atoms with Crippen molar-refractivity contribution in [3.05, 3.63) is 0 Å². The van der Waals surface area contributed by atoms with Crippen molar-refractivity contribution in [2.24, 2.45) is 28.1 Å². The van der Waals surface area contributed by atoms with Gasteiger partial charge in [0.15, 0.2) is 5.84 Å². The number of nitrogens with zero attached hydrogens (tertiary/aromatic N) is 1. The molecule has 1 aliphatic carbocycles. The van der Waals surface area contributed by atoms with Crippen molar-refractivity contribution >= 4 is 11.7 Å². The molecule has 1 amide bonds. The Balaban J connectivity index is 2.39. The van der Waals surface area contributed by atoms with Gasteiger partial charge in [-0.1, -0.05) is 25.9 Å². The quantitative estimate of drug-likeness (QED) is 0.282. The first-order valence-corrected chi connectivity index (χ1v) is 5.67. The van der Waals surface area contributed by atoms with Gasteiger partial charge in [0.25, 0.3) is 0 Å². The van der Waals surface area contributed by atoms with E-state index in [1.165, 1.54) is 0 Å². The van der Waals surface area contributed by atoms with E-state index >= 15 is 0 Å². The molecule has 2 unspecified atom stereocenters. The first-order chi connectivity index (χ1) is 7.42. The van der Waals surface area contributed by atoms with Crippen LogP contribution in [0.5, 0.6) is 0 Å². The van der Waals surface area contributed by atoms with Gasteiger partial charge in [-0.3, -0.25) is 4.79 Å². The molecule has 16 heavy (non-hydrogen) atoms. The first kappa shape index (κ1) is 12.8. The first-order valence-electron chi connectivity index (χ1n) is 5.67. The van der Waals surface area contributed by atoms with Gasteiger partial charge in [-0.2, -0.15) is 0 Å². The molecule has 0 bridgehead atoms. The minimum absolute atomic E-state index is 0.0185. The second kappa shape index (κ2) is 4.72. The lowest BCUT2D eigenvalue weighted by Gasteiger charge is -2.13. The van der Waals surface area contributed by atoms with E-state index in [-0.39, 0.29) is 11.7 Å². The Morgan fingerprint density at radius 2 is 2.25 bits per heavy atom. The maximum absolute atomic E-state index is 11.7. The summed E-state index contributed by atoms with van der Waals surface area (Å²) in [6, 6.07) is 0. The fourth-order valence-electron chi connectivity index (χ4n) is 1.87. The van der Waals surface area contributed by atoms with Crippen LogP contribution in [0.4, 0.5) is 0 Å². The van der Waals surface area contributed by atoms with E-state index < -0.39 is 5.92 Å². The summed E-state index contributed by atoms with van der Waals surface area (Å²) < 4.78 is 0. The Morgan fingerprint density at radius 3 is 2.62 bits per heavy atom. The lowest BCUT2D eigenvalue weighted by atomic mass is 10.0. The summed E-state index contributed by atoms with van der Waals surface area (Å²) in [5.41, 5.74) is 5.80. The van der Waals surface area contributed by atoms with E-state index in [2.05, 4.69) is 24.3 Å². The maximum atomic E-state index is 11.7. The number of carbonyl (C=O) groups is 1. The van der Waals surface area contributed by atoms with E-state index in [4.69, 9.17) is 10.9 Å². The van der Waals surface area contributed by atoms with Gasteiger partial charge < -0.3 is 16.3 Å². The highest BCUT2D eigenvalue weighted by atomic mass is 16.4. The summed E-state index contributed by atoms with van der Waals surface area (Å²) in [5, 5.41) is 14.3. The molecule has 0 spiro atoms. The largest absolute Gasteiger partial charge is 0.409 e. The van der Waals surface area contributed by atoms with Gasteiger partial charge in [0.05, 0.1) is 5.92 Å². The van der Waals surface area contributed by atoms with Gasteiger partial charge in [0.1, 0.15) is 0 Å². The number of hydrogen-bond donors (Lipinski definition) is 3.